The first kappa shape index (κ1) is 18.3. The van der Waals surface area contributed by atoms with Crippen molar-refractivity contribution in [1.82, 2.24) is 5.43 Å². The predicted molar refractivity (Wildman–Crippen MR) is 108 cm³/mol. The minimum atomic E-state index is 0.359. The van der Waals surface area contributed by atoms with Crippen LogP contribution in [0.2, 0.25) is 10.0 Å². The van der Waals surface area contributed by atoms with Gasteiger partial charge in [-0.25, -0.2) is 0 Å². The van der Waals surface area contributed by atoms with Gasteiger partial charge in [0.25, 0.3) is 0 Å². The zero-order valence-corrected chi connectivity index (χ0v) is 15.5. The summed E-state index contributed by atoms with van der Waals surface area (Å²) in [4.78, 5) is 0. The van der Waals surface area contributed by atoms with Crippen LogP contribution in [0, 0.1) is 0 Å². The molecule has 0 aliphatic carbocycles. The van der Waals surface area contributed by atoms with Gasteiger partial charge in [-0.15, -0.1) is 0 Å². The molecule has 0 bridgehead atoms. The molecule has 132 valence electrons. The summed E-state index contributed by atoms with van der Waals surface area (Å²) in [6.45, 7) is 1.03. The lowest BCUT2D eigenvalue weighted by Crippen LogP contribution is -2.06. The van der Waals surface area contributed by atoms with E-state index in [2.05, 4.69) is 22.7 Å². The van der Waals surface area contributed by atoms with Gasteiger partial charge in [-0.1, -0.05) is 71.7 Å². The molecule has 0 aliphatic rings. The fourth-order valence-corrected chi connectivity index (χ4v) is 2.82. The van der Waals surface area contributed by atoms with Crippen molar-refractivity contribution < 1.29 is 4.74 Å². The Bertz CT molecular complexity index is 882. The molecule has 26 heavy (non-hydrogen) atoms. The number of rotatable bonds is 7. The highest BCUT2D eigenvalue weighted by Crippen LogP contribution is 2.23. The van der Waals surface area contributed by atoms with Gasteiger partial charge in [0.05, 0.1) is 12.8 Å². The molecule has 0 atom stereocenters. The Balaban J connectivity index is 1.61. The van der Waals surface area contributed by atoms with Crippen molar-refractivity contribution in [1.29, 1.82) is 0 Å². The lowest BCUT2D eigenvalue weighted by molar-refractivity contribution is 0.306. The lowest BCUT2D eigenvalue weighted by atomic mass is 10.2. The molecular weight excluding hydrogens is 367 g/mol. The van der Waals surface area contributed by atoms with E-state index in [1.54, 1.807) is 18.3 Å². The summed E-state index contributed by atoms with van der Waals surface area (Å²) in [7, 11) is 0. The third-order valence-electron chi connectivity index (χ3n) is 3.74. The van der Waals surface area contributed by atoms with E-state index in [9.17, 15) is 0 Å². The second-order valence-electron chi connectivity index (χ2n) is 5.64. The predicted octanol–water partition coefficient (Wildman–Crippen LogP) is 5.70. The van der Waals surface area contributed by atoms with E-state index >= 15 is 0 Å². The van der Waals surface area contributed by atoms with Gasteiger partial charge in [-0.3, -0.25) is 0 Å². The molecule has 0 aromatic heterocycles. The Morgan fingerprint density at radius 3 is 2.50 bits per heavy atom. The highest BCUT2D eigenvalue weighted by molar-refractivity contribution is 6.35. The molecule has 0 unspecified atom stereocenters. The quantitative estimate of drug-likeness (QED) is 0.418. The summed E-state index contributed by atoms with van der Waals surface area (Å²) in [6.07, 6.45) is 1.75. The molecule has 0 spiro atoms. The van der Waals surface area contributed by atoms with E-state index in [-0.39, 0.29) is 0 Å². The Kier molecular flexibility index (Phi) is 6.53. The number of hydrogen-bond donors (Lipinski definition) is 1. The topological polar surface area (TPSA) is 33.6 Å². The molecule has 0 radical (unpaired) electrons. The number of halogens is 2. The van der Waals surface area contributed by atoms with Crippen molar-refractivity contribution in [3.05, 3.63) is 99.5 Å². The first-order valence-electron chi connectivity index (χ1n) is 8.18. The smallest absolute Gasteiger partial charge is 0.128 e. The van der Waals surface area contributed by atoms with Crippen molar-refractivity contribution in [3.63, 3.8) is 0 Å². The molecule has 0 aliphatic heterocycles. The van der Waals surface area contributed by atoms with Gasteiger partial charge in [0.2, 0.25) is 0 Å². The van der Waals surface area contributed by atoms with Crippen LogP contribution >= 0.6 is 23.2 Å². The molecule has 0 amide bonds. The van der Waals surface area contributed by atoms with Gasteiger partial charge in [-0.05, 0) is 29.8 Å². The van der Waals surface area contributed by atoms with Gasteiger partial charge in [0, 0.05) is 21.2 Å². The van der Waals surface area contributed by atoms with Crippen molar-refractivity contribution in [2.75, 3.05) is 0 Å². The maximum Gasteiger partial charge on any atom is 0.128 e. The summed E-state index contributed by atoms with van der Waals surface area (Å²) in [5.74, 6) is 0.740. The van der Waals surface area contributed by atoms with Crippen molar-refractivity contribution in [2.24, 2.45) is 5.10 Å². The number of para-hydroxylation sites is 1. The molecule has 3 nitrogen and oxygen atoms in total. The monoisotopic (exact) mass is 384 g/mol. The van der Waals surface area contributed by atoms with Crippen molar-refractivity contribution in [2.45, 2.75) is 13.2 Å². The Labute approximate surface area is 163 Å². The van der Waals surface area contributed by atoms with Gasteiger partial charge in [-0.2, -0.15) is 5.10 Å². The first-order valence-corrected chi connectivity index (χ1v) is 8.93. The van der Waals surface area contributed by atoms with Gasteiger partial charge in [0.15, 0.2) is 0 Å². The number of ether oxygens (including phenoxy) is 1. The van der Waals surface area contributed by atoms with E-state index in [0.29, 0.717) is 23.2 Å². The summed E-state index contributed by atoms with van der Waals surface area (Å²) >= 11 is 12.1. The summed E-state index contributed by atoms with van der Waals surface area (Å²) < 4.78 is 5.91. The highest BCUT2D eigenvalue weighted by Gasteiger charge is 2.05. The maximum absolute atomic E-state index is 6.20. The van der Waals surface area contributed by atoms with Gasteiger partial charge in [0.1, 0.15) is 12.4 Å². The normalized spacial score (nSPS) is 10.8. The molecule has 3 rings (SSSR count). The van der Waals surface area contributed by atoms with Crippen LogP contribution in [0.15, 0.2) is 77.9 Å². The van der Waals surface area contributed by atoms with Gasteiger partial charge < -0.3 is 10.2 Å². The standard InChI is InChI=1S/C21H18Cl2N2O/c22-19-11-10-18(20(23)12-19)15-26-21-9-5-4-8-17(21)14-25-24-13-16-6-2-1-3-7-16/h1-12,14,24H,13,15H2. The zero-order valence-electron chi connectivity index (χ0n) is 14.0. The minimum absolute atomic E-state index is 0.359. The van der Waals surface area contributed by atoms with E-state index in [4.69, 9.17) is 27.9 Å². The maximum atomic E-state index is 6.20. The molecule has 1 N–H and O–H groups in total. The average Bonchev–Trinajstić information content (AvgIpc) is 2.66. The summed E-state index contributed by atoms with van der Waals surface area (Å²) in [6, 6.07) is 23.2. The number of nitrogens with one attached hydrogen (secondary N) is 1. The molecule has 3 aromatic rings. The summed E-state index contributed by atoms with van der Waals surface area (Å²) in [5, 5.41) is 5.48. The third-order valence-corrected chi connectivity index (χ3v) is 4.33. The van der Waals surface area contributed by atoms with E-state index in [1.807, 2.05) is 48.5 Å². The first-order chi connectivity index (χ1) is 12.7. The summed E-state index contributed by atoms with van der Waals surface area (Å²) in [5.41, 5.74) is 5.98. The number of nitrogens with zero attached hydrogens (tertiary/aromatic N) is 1. The number of hydrogen-bond acceptors (Lipinski definition) is 3. The lowest BCUT2D eigenvalue weighted by Gasteiger charge is -2.10. The number of hydrazone groups is 1. The highest BCUT2D eigenvalue weighted by atomic mass is 35.5. The van der Waals surface area contributed by atoms with E-state index < -0.39 is 0 Å². The van der Waals surface area contributed by atoms with Gasteiger partial charge >= 0.3 is 0 Å². The molecule has 0 saturated heterocycles. The molecule has 0 heterocycles. The molecule has 5 heteroatoms. The SMILES string of the molecule is Clc1ccc(COc2ccccc2C=NNCc2ccccc2)c(Cl)c1. The van der Waals surface area contributed by atoms with Crippen LogP contribution in [-0.2, 0) is 13.2 Å². The van der Waals surface area contributed by atoms with Crippen LogP contribution in [0.5, 0.6) is 5.75 Å². The minimum Gasteiger partial charge on any atom is -0.488 e. The van der Waals surface area contributed by atoms with Crippen LogP contribution in [0.4, 0.5) is 0 Å². The fourth-order valence-electron chi connectivity index (χ4n) is 2.36. The molecule has 3 aromatic carbocycles. The molecule has 0 saturated carbocycles. The second kappa shape index (κ2) is 9.27. The Morgan fingerprint density at radius 1 is 0.923 bits per heavy atom. The van der Waals surface area contributed by atoms with Crippen molar-refractivity contribution in [3.8, 4) is 5.75 Å². The molecular formula is C21H18Cl2N2O. The Hall–Kier alpha value is -2.49. The van der Waals surface area contributed by atoms with Crippen LogP contribution in [0.25, 0.3) is 0 Å². The third kappa shape index (κ3) is 5.25. The van der Waals surface area contributed by atoms with Crippen LogP contribution < -0.4 is 10.2 Å². The van der Waals surface area contributed by atoms with E-state index in [0.717, 1.165) is 16.9 Å². The Morgan fingerprint density at radius 2 is 1.69 bits per heavy atom. The second-order valence-corrected chi connectivity index (χ2v) is 6.48. The van der Waals surface area contributed by atoms with E-state index in [1.165, 1.54) is 5.56 Å². The molecule has 0 fully saturated rings. The van der Waals surface area contributed by atoms with Crippen LogP contribution in [0.3, 0.4) is 0 Å². The number of benzene rings is 3. The van der Waals surface area contributed by atoms with Crippen LogP contribution in [0.1, 0.15) is 16.7 Å². The average molecular weight is 385 g/mol. The largest absolute Gasteiger partial charge is 0.488 e. The fraction of sp³-hybridized carbons (Fsp3) is 0.0952. The van der Waals surface area contributed by atoms with Crippen molar-refractivity contribution >= 4 is 29.4 Å². The van der Waals surface area contributed by atoms with Crippen LogP contribution in [-0.4, -0.2) is 6.21 Å². The zero-order chi connectivity index (χ0) is 18.2.